The Morgan fingerprint density at radius 2 is 2.07 bits per heavy atom. The van der Waals surface area contributed by atoms with Crippen LogP contribution >= 0.6 is 11.3 Å². The second-order valence-corrected chi connectivity index (χ2v) is 9.65. The number of fused-ring (bicyclic) bond motifs is 1. The molecule has 0 aliphatic carbocycles. The molecule has 0 bridgehead atoms. The molecule has 1 aliphatic heterocycles. The van der Waals surface area contributed by atoms with Crippen LogP contribution in [-0.2, 0) is 14.8 Å². The molecule has 1 fully saturated rings. The molecule has 3 heterocycles. The third-order valence-corrected chi connectivity index (χ3v) is 7.94. The molecule has 0 saturated carbocycles. The number of thiophene rings is 1. The molecule has 2 aromatic heterocycles. The van der Waals surface area contributed by atoms with Crippen molar-refractivity contribution in [3.05, 3.63) is 54.0 Å². The topological polar surface area (TPSA) is 79.4 Å². The number of para-hydroxylation sites is 1. The molecule has 1 N–H and O–H groups in total. The number of rotatable bonds is 4. The fraction of sp³-hybridized carbons (Fsp3) is 0.263. The Kier molecular flexibility index (Phi) is 4.94. The monoisotopic (exact) mass is 401 g/mol. The molecule has 140 valence electrons. The van der Waals surface area contributed by atoms with Crippen molar-refractivity contribution < 1.29 is 13.2 Å². The van der Waals surface area contributed by atoms with E-state index >= 15 is 0 Å². The number of piperidine rings is 1. The minimum atomic E-state index is -3.53. The van der Waals surface area contributed by atoms with E-state index in [4.69, 9.17) is 0 Å². The summed E-state index contributed by atoms with van der Waals surface area (Å²) in [5.41, 5.74) is 1.48. The Bertz CT molecular complexity index is 1060. The van der Waals surface area contributed by atoms with Gasteiger partial charge in [-0.25, -0.2) is 8.42 Å². The zero-order valence-corrected chi connectivity index (χ0v) is 16.2. The molecule has 1 aromatic carbocycles. The van der Waals surface area contributed by atoms with Gasteiger partial charge in [0.1, 0.15) is 4.21 Å². The van der Waals surface area contributed by atoms with Crippen LogP contribution in [0, 0.1) is 5.92 Å². The van der Waals surface area contributed by atoms with Crippen molar-refractivity contribution in [1.29, 1.82) is 0 Å². The summed E-state index contributed by atoms with van der Waals surface area (Å²) < 4.78 is 27.2. The highest BCUT2D eigenvalue weighted by molar-refractivity contribution is 7.91. The van der Waals surface area contributed by atoms with Crippen LogP contribution in [0.2, 0.25) is 0 Å². The smallest absolute Gasteiger partial charge is 0.252 e. The first-order valence-corrected chi connectivity index (χ1v) is 11.1. The van der Waals surface area contributed by atoms with E-state index < -0.39 is 10.0 Å². The van der Waals surface area contributed by atoms with Crippen molar-refractivity contribution >= 4 is 43.9 Å². The van der Waals surface area contributed by atoms with Crippen LogP contribution in [0.3, 0.4) is 0 Å². The van der Waals surface area contributed by atoms with Gasteiger partial charge < -0.3 is 5.32 Å². The highest BCUT2D eigenvalue weighted by atomic mass is 32.2. The van der Waals surface area contributed by atoms with Gasteiger partial charge in [0, 0.05) is 18.5 Å². The molecule has 8 heteroatoms. The predicted molar refractivity (Wildman–Crippen MR) is 106 cm³/mol. The van der Waals surface area contributed by atoms with Crippen molar-refractivity contribution in [3.8, 4) is 0 Å². The molecule has 27 heavy (non-hydrogen) atoms. The maximum atomic E-state index is 12.7. The molecule has 3 aromatic rings. The molecule has 1 saturated heterocycles. The van der Waals surface area contributed by atoms with E-state index in [1.807, 2.05) is 30.3 Å². The molecule has 1 atom stereocenters. The second kappa shape index (κ2) is 7.38. The average molecular weight is 402 g/mol. The molecule has 4 rings (SSSR count). The lowest BCUT2D eigenvalue weighted by molar-refractivity contribution is -0.120. The van der Waals surface area contributed by atoms with E-state index in [1.54, 1.807) is 23.7 Å². The van der Waals surface area contributed by atoms with Crippen molar-refractivity contribution in [2.45, 2.75) is 17.1 Å². The number of carbonyl (C=O) groups excluding carboxylic acids is 1. The summed E-state index contributed by atoms with van der Waals surface area (Å²) in [5, 5.41) is 5.58. The van der Waals surface area contributed by atoms with Crippen LogP contribution in [-0.4, -0.2) is 36.7 Å². The highest BCUT2D eigenvalue weighted by Crippen LogP contribution is 2.27. The van der Waals surface area contributed by atoms with E-state index in [-0.39, 0.29) is 18.4 Å². The summed E-state index contributed by atoms with van der Waals surface area (Å²) in [6.45, 7) is 0.647. The number of anilines is 1. The minimum Gasteiger partial charge on any atom is -0.324 e. The second-order valence-electron chi connectivity index (χ2n) is 6.54. The van der Waals surface area contributed by atoms with Crippen LogP contribution in [0.5, 0.6) is 0 Å². The number of aromatic nitrogens is 1. The van der Waals surface area contributed by atoms with Gasteiger partial charge in [-0.2, -0.15) is 4.31 Å². The van der Waals surface area contributed by atoms with Crippen LogP contribution in [0.1, 0.15) is 12.8 Å². The third kappa shape index (κ3) is 3.73. The number of hydrogen-bond donors (Lipinski definition) is 1. The quantitative estimate of drug-likeness (QED) is 0.727. The lowest BCUT2D eigenvalue weighted by Gasteiger charge is -2.30. The van der Waals surface area contributed by atoms with Crippen molar-refractivity contribution in [1.82, 2.24) is 9.29 Å². The largest absolute Gasteiger partial charge is 0.324 e. The van der Waals surface area contributed by atoms with Gasteiger partial charge in [-0.15, -0.1) is 11.3 Å². The molecule has 1 amide bonds. The van der Waals surface area contributed by atoms with Crippen molar-refractivity contribution in [2.75, 3.05) is 18.4 Å². The zero-order valence-electron chi connectivity index (χ0n) is 14.5. The van der Waals surface area contributed by atoms with Gasteiger partial charge in [0.05, 0.1) is 23.3 Å². The Morgan fingerprint density at radius 1 is 1.22 bits per heavy atom. The summed E-state index contributed by atoms with van der Waals surface area (Å²) >= 11 is 1.20. The summed E-state index contributed by atoms with van der Waals surface area (Å²) in [4.78, 5) is 17.1. The van der Waals surface area contributed by atoms with E-state index in [2.05, 4.69) is 10.3 Å². The standard InChI is InChI=1S/C19H19N3O3S2/c23-19(21-16-11-14-5-1-2-7-17(14)20-12-16)15-6-3-9-22(13-15)27(24,25)18-8-4-10-26-18/h1-2,4-5,7-8,10-12,15H,3,6,9,13H2,(H,21,23). The fourth-order valence-corrected chi connectivity index (χ4v) is 5.96. The maximum absolute atomic E-state index is 12.7. The van der Waals surface area contributed by atoms with E-state index in [9.17, 15) is 13.2 Å². The van der Waals surface area contributed by atoms with E-state index in [0.29, 0.717) is 29.3 Å². The normalized spacial score (nSPS) is 18.4. The minimum absolute atomic E-state index is 0.168. The SMILES string of the molecule is O=C(Nc1cnc2ccccc2c1)C1CCCN(S(=O)(=O)c2cccs2)C1. The number of hydrogen-bond acceptors (Lipinski definition) is 5. The fourth-order valence-electron chi connectivity index (χ4n) is 3.30. The first kappa shape index (κ1) is 18.1. The van der Waals surface area contributed by atoms with Gasteiger partial charge in [0.25, 0.3) is 10.0 Å². The van der Waals surface area contributed by atoms with Crippen LogP contribution < -0.4 is 5.32 Å². The number of carbonyl (C=O) groups is 1. The number of benzene rings is 1. The summed E-state index contributed by atoms with van der Waals surface area (Å²) in [6.07, 6.45) is 2.96. The van der Waals surface area contributed by atoms with Gasteiger partial charge in [0.15, 0.2) is 0 Å². The molecular formula is C19H19N3O3S2. The molecule has 1 aliphatic rings. The van der Waals surface area contributed by atoms with Crippen LogP contribution in [0.15, 0.2) is 58.3 Å². The van der Waals surface area contributed by atoms with Gasteiger partial charge in [-0.05, 0) is 36.4 Å². The number of amides is 1. The Hall–Kier alpha value is -2.29. The summed E-state index contributed by atoms with van der Waals surface area (Å²) in [5.74, 6) is -0.543. The average Bonchev–Trinajstić information content (AvgIpc) is 3.24. The Labute approximate surface area is 161 Å². The molecule has 0 radical (unpaired) electrons. The Balaban J connectivity index is 1.48. The van der Waals surface area contributed by atoms with Crippen LogP contribution in [0.4, 0.5) is 5.69 Å². The lowest BCUT2D eigenvalue weighted by Crippen LogP contribution is -2.43. The molecule has 6 nitrogen and oxygen atoms in total. The Morgan fingerprint density at radius 3 is 2.89 bits per heavy atom. The third-order valence-electron chi connectivity index (χ3n) is 4.70. The molecule has 0 spiro atoms. The van der Waals surface area contributed by atoms with Gasteiger partial charge in [-0.3, -0.25) is 9.78 Å². The van der Waals surface area contributed by atoms with E-state index in [1.165, 1.54) is 15.6 Å². The maximum Gasteiger partial charge on any atom is 0.252 e. The first-order chi connectivity index (χ1) is 13.0. The first-order valence-electron chi connectivity index (χ1n) is 8.73. The van der Waals surface area contributed by atoms with Crippen molar-refractivity contribution in [2.24, 2.45) is 5.92 Å². The number of nitrogens with zero attached hydrogens (tertiary/aromatic N) is 2. The van der Waals surface area contributed by atoms with Gasteiger partial charge in [-0.1, -0.05) is 24.3 Å². The molecular weight excluding hydrogens is 382 g/mol. The number of pyridine rings is 1. The van der Waals surface area contributed by atoms with E-state index in [0.717, 1.165) is 10.9 Å². The summed E-state index contributed by atoms with van der Waals surface area (Å²) in [6, 6.07) is 12.9. The van der Waals surface area contributed by atoms with Gasteiger partial charge >= 0.3 is 0 Å². The lowest BCUT2D eigenvalue weighted by atomic mass is 9.99. The number of nitrogens with one attached hydrogen (secondary N) is 1. The molecule has 1 unspecified atom stereocenters. The van der Waals surface area contributed by atoms with Crippen molar-refractivity contribution in [3.63, 3.8) is 0 Å². The number of sulfonamides is 1. The van der Waals surface area contributed by atoms with Gasteiger partial charge in [0.2, 0.25) is 5.91 Å². The highest BCUT2D eigenvalue weighted by Gasteiger charge is 2.33. The van der Waals surface area contributed by atoms with Crippen LogP contribution in [0.25, 0.3) is 10.9 Å². The predicted octanol–water partition coefficient (Wildman–Crippen LogP) is 3.34. The zero-order chi connectivity index (χ0) is 18.9. The summed E-state index contributed by atoms with van der Waals surface area (Å²) in [7, 11) is -3.53.